The Labute approximate surface area is 262 Å². The normalized spacial score (nSPS) is 12.0. The average molecular weight is 609 g/mol. The summed E-state index contributed by atoms with van der Waals surface area (Å²) in [4.78, 5) is 24.3. The molecule has 0 bridgehead atoms. The van der Waals surface area contributed by atoms with E-state index in [1.54, 1.807) is 60.7 Å². The molecule has 0 aromatic heterocycles. The highest BCUT2D eigenvalue weighted by atomic mass is 16.6. The van der Waals surface area contributed by atoms with Gasteiger partial charge in [0, 0.05) is 0 Å². The fourth-order valence-electron chi connectivity index (χ4n) is 4.14. The minimum Gasteiger partial charge on any atom is -0.491 e. The number of ether oxygens (including phenoxy) is 4. The summed E-state index contributed by atoms with van der Waals surface area (Å²) in [6.45, 7) is 6.94. The van der Waals surface area contributed by atoms with Gasteiger partial charge in [-0.1, -0.05) is 73.8 Å². The summed E-state index contributed by atoms with van der Waals surface area (Å²) in [6, 6.07) is 28.6. The molecular weight excluding hydrogens is 572 g/mol. The largest absolute Gasteiger partial charge is 0.491 e. The third-order valence-corrected chi connectivity index (χ3v) is 6.72. The van der Waals surface area contributed by atoms with Gasteiger partial charge in [0.15, 0.2) is 0 Å². The molecule has 0 heterocycles. The lowest BCUT2D eigenvalue weighted by molar-refractivity contribution is 0.0127. The Bertz CT molecular complexity index is 1420. The van der Waals surface area contributed by atoms with Crippen LogP contribution in [0.3, 0.4) is 0 Å². The van der Waals surface area contributed by atoms with Gasteiger partial charge >= 0.3 is 11.9 Å². The molecule has 0 radical (unpaired) electrons. The first kappa shape index (κ1) is 32.7. The van der Waals surface area contributed by atoms with Crippen LogP contribution in [0.4, 0.5) is 0 Å². The van der Waals surface area contributed by atoms with Crippen LogP contribution in [0.25, 0.3) is 12.2 Å². The zero-order valence-electron chi connectivity index (χ0n) is 24.8. The van der Waals surface area contributed by atoms with E-state index < -0.39 is 24.1 Å². The molecule has 8 nitrogen and oxygen atoms in total. The Hall–Kier alpha value is -5.18. The molecule has 4 aromatic rings. The first-order chi connectivity index (χ1) is 21.8. The maximum absolute atomic E-state index is 12.2. The third kappa shape index (κ3) is 10.5. The van der Waals surface area contributed by atoms with Crippen molar-refractivity contribution in [3.05, 3.63) is 144 Å². The molecule has 0 amide bonds. The van der Waals surface area contributed by atoms with Crippen molar-refractivity contribution in [1.29, 1.82) is 0 Å². The Morgan fingerprint density at radius 3 is 1.24 bits per heavy atom. The molecule has 4 rings (SSSR count). The number of carbonyl (C=O) groups excluding carboxylic acids is 2. The number of hydrogen-bond acceptors (Lipinski definition) is 8. The zero-order valence-corrected chi connectivity index (χ0v) is 24.8. The monoisotopic (exact) mass is 608 g/mol. The van der Waals surface area contributed by atoms with E-state index in [0.29, 0.717) is 29.0 Å². The van der Waals surface area contributed by atoms with E-state index in [2.05, 4.69) is 13.2 Å². The number of aliphatic hydroxyl groups excluding tert-OH is 2. The van der Waals surface area contributed by atoms with E-state index in [0.717, 1.165) is 22.3 Å². The van der Waals surface area contributed by atoms with Gasteiger partial charge in [-0.25, -0.2) is 9.59 Å². The summed E-state index contributed by atoms with van der Waals surface area (Å²) in [7, 11) is 0. The van der Waals surface area contributed by atoms with Crippen LogP contribution in [-0.2, 0) is 15.9 Å². The van der Waals surface area contributed by atoms with Crippen LogP contribution >= 0.6 is 0 Å². The number of hydrogen-bond donors (Lipinski definition) is 2. The lowest BCUT2D eigenvalue weighted by atomic mass is 10.0. The van der Waals surface area contributed by atoms with Gasteiger partial charge in [0.05, 0.1) is 11.1 Å². The van der Waals surface area contributed by atoms with Gasteiger partial charge in [-0.3, -0.25) is 0 Å². The number of benzene rings is 4. The van der Waals surface area contributed by atoms with Crippen molar-refractivity contribution in [1.82, 2.24) is 0 Å². The molecule has 0 saturated heterocycles. The van der Waals surface area contributed by atoms with Crippen LogP contribution in [0.1, 0.15) is 43.0 Å². The highest BCUT2D eigenvalue weighted by Crippen LogP contribution is 2.19. The van der Waals surface area contributed by atoms with Crippen LogP contribution in [0, 0.1) is 0 Å². The second-order valence-corrected chi connectivity index (χ2v) is 10.2. The second kappa shape index (κ2) is 16.6. The van der Waals surface area contributed by atoms with Gasteiger partial charge in [0.2, 0.25) is 0 Å². The van der Waals surface area contributed by atoms with Crippen molar-refractivity contribution >= 4 is 24.1 Å². The maximum atomic E-state index is 12.2. The Morgan fingerprint density at radius 1 is 0.556 bits per heavy atom. The summed E-state index contributed by atoms with van der Waals surface area (Å²) in [6.07, 6.45) is 2.10. The molecule has 0 aliphatic rings. The molecule has 2 unspecified atom stereocenters. The minimum absolute atomic E-state index is 0.0233. The van der Waals surface area contributed by atoms with E-state index in [1.807, 2.05) is 48.5 Å². The SMILES string of the molecule is C=Cc1ccc(C(=O)OCC(O)COc2ccc(Cc3ccc(OCC(O)COC(=O)c4ccc(C=C)cc4)cc3)cc2)cc1. The molecule has 0 aliphatic carbocycles. The van der Waals surface area contributed by atoms with Crippen molar-refractivity contribution in [2.45, 2.75) is 18.6 Å². The van der Waals surface area contributed by atoms with E-state index in [1.165, 1.54) is 0 Å². The molecule has 2 atom stereocenters. The highest BCUT2D eigenvalue weighted by Gasteiger charge is 2.13. The predicted octanol–water partition coefficient (Wildman–Crippen LogP) is 5.76. The summed E-state index contributed by atoms with van der Waals surface area (Å²) < 4.78 is 21.6. The molecule has 0 saturated carbocycles. The second-order valence-electron chi connectivity index (χ2n) is 10.2. The predicted molar refractivity (Wildman–Crippen MR) is 172 cm³/mol. The summed E-state index contributed by atoms with van der Waals surface area (Å²) >= 11 is 0. The number of carbonyl (C=O) groups is 2. The molecular formula is C37H36O8. The minimum atomic E-state index is -0.974. The van der Waals surface area contributed by atoms with Crippen molar-refractivity contribution in [2.75, 3.05) is 26.4 Å². The van der Waals surface area contributed by atoms with Crippen molar-refractivity contribution < 1.29 is 38.7 Å². The Kier molecular flexibility index (Phi) is 12.1. The molecule has 0 aliphatic heterocycles. The average Bonchev–Trinajstić information content (AvgIpc) is 3.09. The van der Waals surface area contributed by atoms with Crippen molar-refractivity contribution in [3.63, 3.8) is 0 Å². The fourth-order valence-corrected chi connectivity index (χ4v) is 4.14. The highest BCUT2D eigenvalue weighted by molar-refractivity contribution is 5.90. The van der Waals surface area contributed by atoms with Gasteiger partial charge in [-0.15, -0.1) is 0 Å². The fraction of sp³-hybridized carbons (Fsp3) is 0.189. The van der Waals surface area contributed by atoms with Crippen LogP contribution in [0.5, 0.6) is 11.5 Å². The smallest absolute Gasteiger partial charge is 0.338 e. The molecule has 4 aromatic carbocycles. The molecule has 45 heavy (non-hydrogen) atoms. The first-order valence-corrected chi connectivity index (χ1v) is 14.4. The lowest BCUT2D eigenvalue weighted by Gasteiger charge is -2.14. The molecule has 8 heteroatoms. The quantitative estimate of drug-likeness (QED) is 0.155. The van der Waals surface area contributed by atoms with Gasteiger partial charge in [0.25, 0.3) is 0 Å². The summed E-state index contributed by atoms with van der Waals surface area (Å²) in [5, 5.41) is 20.3. The zero-order chi connectivity index (χ0) is 32.0. The van der Waals surface area contributed by atoms with Crippen LogP contribution in [0.15, 0.2) is 110 Å². The van der Waals surface area contributed by atoms with E-state index in [9.17, 15) is 19.8 Å². The Balaban J connectivity index is 1.13. The van der Waals surface area contributed by atoms with Gasteiger partial charge < -0.3 is 29.2 Å². The van der Waals surface area contributed by atoms with Gasteiger partial charge in [-0.2, -0.15) is 0 Å². The number of esters is 2. The number of aliphatic hydroxyl groups is 2. The van der Waals surface area contributed by atoms with Crippen molar-refractivity contribution in [3.8, 4) is 11.5 Å². The van der Waals surface area contributed by atoms with Crippen LogP contribution in [0.2, 0.25) is 0 Å². The van der Waals surface area contributed by atoms with Crippen molar-refractivity contribution in [2.24, 2.45) is 0 Å². The topological polar surface area (TPSA) is 112 Å². The van der Waals surface area contributed by atoms with E-state index >= 15 is 0 Å². The van der Waals surface area contributed by atoms with Gasteiger partial charge in [0.1, 0.15) is 50.1 Å². The summed E-state index contributed by atoms with van der Waals surface area (Å²) in [5.41, 5.74) is 4.70. The molecule has 232 valence electrons. The first-order valence-electron chi connectivity index (χ1n) is 14.4. The van der Waals surface area contributed by atoms with Crippen LogP contribution in [-0.4, -0.2) is 60.8 Å². The van der Waals surface area contributed by atoms with Gasteiger partial charge in [-0.05, 0) is 77.2 Å². The van der Waals surface area contributed by atoms with E-state index in [-0.39, 0.29) is 26.4 Å². The van der Waals surface area contributed by atoms with E-state index in [4.69, 9.17) is 18.9 Å². The lowest BCUT2D eigenvalue weighted by Crippen LogP contribution is -2.25. The third-order valence-electron chi connectivity index (χ3n) is 6.72. The molecule has 0 fully saturated rings. The Morgan fingerprint density at radius 2 is 0.911 bits per heavy atom. The van der Waals surface area contributed by atoms with Crippen LogP contribution < -0.4 is 9.47 Å². The number of rotatable bonds is 16. The standard InChI is InChI=1S/C37H36O8/c1-3-26-5-13-30(14-6-26)36(40)44-24-32(38)22-42-34-17-9-28(10-18-34)21-29-11-19-35(20-12-29)43-23-33(39)25-45-37(41)31-15-7-27(4-2)8-16-31/h3-20,32-33,38-39H,1-2,21-25H2. The molecule has 0 spiro atoms. The summed E-state index contributed by atoms with van der Waals surface area (Å²) in [5.74, 6) is 0.137. The maximum Gasteiger partial charge on any atom is 0.338 e. The molecule has 2 N–H and O–H groups in total.